The van der Waals surface area contributed by atoms with Gasteiger partial charge in [0.1, 0.15) is 0 Å². The van der Waals surface area contributed by atoms with Gasteiger partial charge in [0.2, 0.25) is 11.9 Å². The molecule has 0 unspecified atom stereocenters. The number of fused-ring (bicyclic) bond motifs is 17. The molecule has 15 aromatic carbocycles. The second kappa shape index (κ2) is 23.3. The molecule has 0 N–H and O–H groups in total. The summed E-state index contributed by atoms with van der Waals surface area (Å²) >= 11 is 0. The van der Waals surface area contributed by atoms with E-state index in [2.05, 4.69) is 0 Å². The van der Waals surface area contributed by atoms with Crippen LogP contribution < -0.4 is 20.7 Å². The first kappa shape index (κ1) is 26.3. The van der Waals surface area contributed by atoms with Crippen LogP contribution in [0.3, 0.4) is 0 Å². The van der Waals surface area contributed by atoms with Gasteiger partial charge in [-0.05, 0) is 105 Å². The highest BCUT2D eigenvalue weighted by Gasteiger charge is 2.48. The van der Waals surface area contributed by atoms with Gasteiger partial charge in [-0.2, -0.15) is 19.9 Å². The van der Waals surface area contributed by atoms with Crippen LogP contribution in [0.25, 0.3) is 184 Å². The Labute approximate surface area is 702 Å². The monoisotopic (exact) mass is 1450 g/mol. The van der Waals surface area contributed by atoms with Crippen molar-refractivity contribution >= 4 is 138 Å². The smallest absolute Gasteiger partial charge is 0.238 e. The Hall–Kier alpha value is -14.5. The zero-order valence-corrected chi connectivity index (χ0v) is 54.4. The van der Waals surface area contributed by atoms with Crippen molar-refractivity contribution in [1.29, 1.82) is 0 Å². The summed E-state index contributed by atoms with van der Waals surface area (Å²) in [5, 5.41) is -14.2. The topological polar surface area (TPSA) is 102 Å². The van der Waals surface area contributed by atoms with Gasteiger partial charge in [0.05, 0.1) is 147 Å². The molecule has 0 fully saturated rings. The van der Waals surface area contributed by atoms with Crippen molar-refractivity contribution in [3.05, 3.63) is 357 Å². The molecule has 7 aromatic heterocycles. The van der Waals surface area contributed by atoms with Gasteiger partial charge in [-0.25, -0.2) is 9.97 Å². The van der Waals surface area contributed by atoms with Gasteiger partial charge in [-0.3, -0.25) is 9.13 Å². The Kier molecular flexibility index (Phi) is 5.67. The molecule has 23 rings (SSSR count). The van der Waals surface area contributed by atoms with Crippen LogP contribution in [-0.2, 0) is 0 Å². The largest absolute Gasteiger partial charge is 0.309 e. The Balaban J connectivity index is 0.967. The number of rotatable bonds is 10. The maximum atomic E-state index is 11.7. The second-order valence-corrected chi connectivity index (χ2v) is 27.1. The Morgan fingerprint density at radius 1 is 0.213 bits per heavy atom. The fraction of sp³-hybridized carbons (Fsp3) is 0. The molecule has 22 aromatic rings. The van der Waals surface area contributed by atoms with Crippen LogP contribution in [0.1, 0.15) is 80.9 Å². The van der Waals surface area contributed by atoms with Crippen LogP contribution in [-0.4, -0.2) is 60.8 Å². The fourth-order valence-corrected chi connectivity index (χ4v) is 18.3. The van der Waals surface area contributed by atoms with Crippen molar-refractivity contribution < 1.29 is 80.9 Å². The van der Waals surface area contributed by atoms with E-state index < -0.39 is 569 Å². The van der Waals surface area contributed by atoms with Gasteiger partial charge in [-0.15, -0.1) is 0 Å². The molecule has 1 aliphatic heterocycles. The summed E-state index contributed by atoms with van der Waals surface area (Å²) in [6.45, 7) is 0. The van der Waals surface area contributed by atoms with E-state index in [0.29, 0.717) is 22.8 Å². The predicted octanol–water partition coefficient (Wildman–Crippen LogP) is 19.9. The molecular formula is C96H59N11Si. The normalized spacial score (nSPS) is 20.4. The van der Waals surface area contributed by atoms with Crippen LogP contribution in [0.2, 0.25) is 0 Å². The minimum atomic E-state index is -7.48. The van der Waals surface area contributed by atoms with E-state index in [4.69, 9.17) is 46.4 Å². The average molecular weight is 1450 g/mol. The van der Waals surface area contributed by atoms with Crippen molar-refractivity contribution in [3.63, 3.8) is 0 Å². The van der Waals surface area contributed by atoms with Gasteiger partial charge >= 0.3 is 0 Å². The van der Waals surface area contributed by atoms with Gasteiger partial charge in [0, 0.05) is 81.8 Å². The zero-order valence-electron chi connectivity index (χ0n) is 112. The Morgan fingerprint density at radius 2 is 0.491 bits per heavy atom. The third-order valence-electron chi connectivity index (χ3n) is 18.3. The van der Waals surface area contributed by atoms with E-state index in [1.807, 2.05) is 0 Å². The molecule has 108 heavy (non-hydrogen) atoms. The van der Waals surface area contributed by atoms with Crippen LogP contribution in [0.5, 0.6) is 0 Å². The summed E-state index contributed by atoms with van der Waals surface area (Å²) in [6.07, 6.45) is 0. The zero-order chi connectivity index (χ0) is 122. The third-order valence-corrected chi connectivity index (χ3v) is 22.5. The molecule has 0 saturated carbocycles. The van der Waals surface area contributed by atoms with E-state index in [-0.39, 0.29) is 0 Å². The summed E-state index contributed by atoms with van der Waals surface area (Å²) in [4.78, 5) is 28.3. The highest BCUT2D eigenvalue weighted by Crippen LogP contribution is 2.42. The molecule has 0 radical (unpaired) electrons. The summed E-state index contributed by atoms with van der Waals surface area (Å²) < 4.78 is 581. The first-order valence-corrected chi connectivity index (χ1v) is 33.8. The molecule has 8 heterocycles. The maximum absolute atomic E-state index is 11.7. The minimum absolute atomic E-state index is 0.471. The van der Waals surface area contributed by atoms with Crippen LogP contribution in [0, 0.1) is 0 Å². The van der Waals surface area contributed by atoms with Crippen molar-refractivity contribution in [3.8, 4) is 74.5 Å². The molecule has 0 atom stereocenters. The van der Waals surface area contributed by atoms with Crippen LogP contribution in [0.15, 0.2) is 357 Å². The molecular weight excluding hydrogens is 1340 g/mol. The van der Waals surface area contributed by atoms with E-state index in [0.717, 1.165) is 0 Å². The molecule has 12 heteroatoms. The van der Waals surface area contributed by atoms with E-state index in [1.165, 1.54) is 0 Å². The Bertz CT molecular complexity index is 10500. The quantitative estimate of drug-likeness (QED) is 0.126. The lowest BCUT2D eigenvalue weighted by molar-refractivity contribution is 0.951. The lowest BCUT2D eigenvalue weighted by Crippen LogP contribution is -2.76. The number of aromatic nitrogens is 11. The summed E-state index contributed by atoms with van der Waals surface area (Å²) in [7, 11) is -7.48. The standard InChI is InChI=1S/C96H59N11Si/c1-12-44-76-64(32-1)65-33-2-13-45-77(65)103(76)85-53-21-10-41-74(85)93-97-91(99-95(101-93)106-81-49-17-5-36-68(81)69-37-6-18-50-82(69)106)60-28-25-30-62(58-60)108(88-56-24-23-55-87(88)105-80-48-16-9-40-72(80)73-43-27-57-89(108)90(73)105)63-31-26-29-61(59-63)92-98-94(102-96(100-92)107-83-51-19-7-38-70(83)71-39-8-20-52-84(71)107)75-42-11-22-54-86(75)104-78-46-14-3-34-66(78)67-35-4-15-47-79(67)104/h1-59H/i1D,2D,3D,4D,5D,6D,7D,8D,9D,10D,11D,12D,13D,14D,15D,16D,17D,18D,19D,20D,21D,22D,23D,24D,25D,26D,27D,28D,29D,30D,31D,32D,33D,34D,35D,36D,37D,38D,39D,40D,41D,42D,43D,44D,45D,46D,47D,48D,49D,50D,51D,52D,53D,54D,55D,56D,57D,58D,59D. The van der Waals surface area contributed by atoms with Gasteiger partial charge in [-0.1, -0.05) is 272 Å². The lowest BCUT2D eigenvalue weighted by Gasteiger charge is -2.40. The molecule has 1 aliphatic rings. The number of hydrogen-bond donors (Lipinski definition) is 0. The number of hydrogen-bond acceptors (Lipinski definition) is 6. The average Bonchev–Trinajstić information content (AvgIpc) is 0.932. The molecule has 0 spiro atoms. The van der Waals surface area contributed by atoms with E-state index in [9.17, 15) is 64.4 Å². The van der Waals surface area contributed by atoms with E-state index >= 15 is 0 Å². The predicted molar refractivity (Wildman–Crippen MR) is 444 cm³/mol. The second-order valence-electron chi connectivity index (χ2n) is 23.6. The first-order valence-electron chi connectivity index (χ1n) is 61.3. The SMILES string of the molecule is [2H]c1c([2H])c([2H])c(-n2c3c([2H])c([2H])c([2H])c([2H])c3c3c([2H])c([2H])c([2H])c([2H])c32)c(-c2nc(-c3c([2H])c([2H])c([2H])c([Si]4(c5c([2H])c([2H])c([2H])c(-c6nc(-c7c([2H])c([2H])c([2H])c([2H])c7-n7c8c([2H])c([2H])c([2H])c([2H])c8c8c([2H])c([2H])c([2H])c([2H])c87)nc(-n7c8c([2H])c([2H])c([2H])c([2H])c8c8c([2H])c([2H])c([2H])c([2H])c87)n6)c5[2H])c5c([2H])c([2H])c([2H])c([2H])c5-n5c6c([2H])c([2H])c([2H])c([2H])c6c6c([2H])c([2H])c([2H])c4c65)c3[2H])nc(-n3c4c([2H])c([2H])c([2H])c([2H])c4c4c([2H])c([2H])c([2H])c([2H])c43)n2)c1[2H]. The lowest BCUT2D eigenvalue weighted by atomic mass is 10.1. The maximum Gasteiger partial charge on any atom is 0.238 e. The molecule has 502 valence electrons. The molecule has 0 aliphatic carbocycles. The highest BCUT2D eigenvalue weighted by molar-refractivity contribution is 7.21. The highest BCUT2D eigenvalue weighted by atomic mass is 28.3. The van der Waals surface area contributed by atoms with Crippen molar-refractivity contribution in [2.24, 2.45) is 0 Å². The third kappa shape index (κ3) is 8.59. The van der Waals surface area contributed by atoms with Crippen molar-refractivity contribution in [1.82, 2.24) is 52.7 Å². The minimum Gasteiger partial charge on any atom is -0.309 e. The van der Waals surface area contributed by atoms with Gasteiger partial charge < -0.3 is 13.7 Å². The van der Waals surface area contributed by atoms with Gasteiger partial charge in [0.25, 0.3) is 0 Å². The number of para-hydroxylation sites is 13. The van der Waals surface area contributed by atoms with Crippen LogP contribution in [0.4, 0.5) is 0 Å². The summed E-state index contributed by atoms with van der Waals surface area (Å²) in [5.41, 5.74) is -19.0. The molecule has 0 saturated heterocycles. The van der Waals surface area contributed by atoms with Crippen molar-refractivity contribution in [2.45, 2.75) is 0 Å². The summed E-state index contributed by atoms with van der Waals surface area (Å²) in [6, 6.07) is -75.9. The van der Waals surface area contributed by atoms with Crippen LogP contribution >= 0.6 is 0 Å². The number of nitrogens with zero attached hydrogens (tertiary/aromatic N) is 11. The Morgan fingerprint density at radius 3 is 0.880 bits per heavy atom. The molecule has 11 nitrogen and oxygen atoms in total. The van der Waals surface area contributed by atoms with Gasteiger partial charge in [0.15, 0.2) is 31.4 Å². The first-order chi connectivity index (χ1) is 78.1. The fourth-order valence-electron chi connectivity index (χ4n) is 14.0. The van der Waals surface area contributed by atoms with Crippen molar-refractivity contribution in [2.75, 3.05) is 0 Å². The number of benzene rings is 15. The molecule has 0 bridgehead atoms. The van der Waals surface area contributed by atoms with E-state index in [1.54, 1.807) is 0 Å². The summed E-state index contributed by atoms with van der Waals surface area (Å²) in [5.74, 6) is -8.81. The molecule has 0 amide bonds.